The summed E-state index contributed by atoms with van der Waals surface area (Å²) >= 11 is 0. The summed E-state index contributed by atoms with van der Waals surface area (Å²) in [6, 6.07) is 10.6. The van der Waals surface area contributed by atoms with Crippen molar-refractivity contribution in [3.63, 3.8) is 0 Å². The van der Waals surface area contributed by atoms with Gasteiger partial charge in [-0.1, -0.05) is 24.3 Å². The SMILES string of the molecule is CN=C(NCc1ccccc1F)NCc1cccnc1N1CCC(C(N)=O)CC1.I. The first-order chi connectivity index (χ1) is 14.1. The summed E-state index contributed by atoms with van der Waals surface area (Å²) < 4.78 is 13.8. The highest BCUT2D eigenvalue weighted by Gasteiger charge is 2.24. The molecule has 1 saturated heterocycles. The Morgan fingerprint density at radius 1 is 1.17 bits per heavy atom. The Morgan fingerprint density at radius 2 is 1.80 bits per heavy atom. The number of guanidine groups is 1. The fraction of sp³-hybridized carbons (Fsp3) is 0.381. The van der Waals surface area contributed by atoms with Gasteiger partial charge in [0, 0.05) is 56.5 Å². The lowest BCUT2D eigenvalue weighted by Gasteiger charge is -2.32. The van der Waals surface area contributed by atoms with E-state index in [0.717, 1.165) is 37.3 Å². The molecule has 162 valence electrons. The van der Waals surface area contributed by atoms with E-state index in [1.807, 2.05) is 12.1 Å². The number of benzene rings is 1. The van der Waals surface area contributed by atoms with Gasteiger partial charge in [0.15, 0.2) is 5.96 Å². The van der Waals surface area contributed by atoms with Crippen molar-refractivity contribution in [1.29, 1.82) is 0 Å². The van der Waals surface area contributed by atoms with Crippen LogP contribution in [-0.2, 0) is 17.9 Å². The van der Waals surface area contributed by atoms with Gasteiger partial charge in [-0.05, 0) is 25.0 Å². The summed E-state index contributed by atoms with van der Waals surface area (Å²) in [6.45, 7) is 2.36. The quantitative estimate of drug-likeness (QED) is 0.306. The fourth-order valence-corrected chi connectivity index (χ4v) is 3.45. The van der Waals surface area contributed by atoms with E-state index < -0.39 is 0 Å². The maximum Gasteiger partial charge on any atom is 0.220 e. The number of carbonyl (C=O) groups is 1. The number of aromatic nitrogens is 1. The van der Waals surface area contributed by atoms with Gasteiger partial charge in [0.1, 0.15) is 11.6 Å². The number of primary amides is 1. The van der Waals surface area contributed by atoms with Crippen molar-refractivity contribution < 1.29 is 9.18 Å². The smallest absolute Gasteiger partial charge is 0.220 e. The third kappa shape index (κ3) is 6.28. The monoisotopic (exact) mass is 526 g/mol. The third-order valence-electron chi connectivity index (χ3n) is 5.14. The Bertz CT molecular complexity index is 870. The molecular formula is C21H28FIN6O. The number of carbonyl (C=O) groups excluding carboxylic acids is 1. The number of anilines is 1. The van der Waals surface area contributed by atoms with Gasteiger partial charge in [-0.3, -0.25) is 9.79 Å². The van der Waals surface area contributed by atoms with E-state index in [4.69, 9.17) is 5.73 Å². The van der Waals surface area contributed by atoms with Crippen LogP contribution >= 0.6 is 24.0 Å². The standard InChI is InChI=1S/C21H27FN6O.HI/c1-24-21(26-13-16-5-2-3-7-18(16)22)27-14-17-6-4-10-25-20(17)28-11-8-15(9-12-28)19(23)29;/h2-7,10,15H,8-9,11-14H2,1H3,(H2,23,29)(H2,24,26,27);1H. The molecule has 3 rings (SSSR count). The van der Waals surface area contributed by atoms with Gasteiger partial charge in [0.2, 0.25) is 5.91 Å². The van der Waals surface area contributed by atoms with Gasteiger partial charge in [-0.15, -0.1) is 24.0 Å². The maximum atomic E-state index is 13.8. The van der Waals surface area contributed by atoms with E-state index in [0.29, 0.717) is 24.6 Å². The minimum atomic E-state index is -0.246. The van der Waals surface area contributed by atoms with Crippen LogP contribution in [0.25, 0.3) is 0 Å². The molecule has 1 fully saturated rings. The summed E-state index contributed by atoms with van der Waals surface area (Å²) in [6.07, 6.45) is 3.25. The second kappa shape index (κ2) is 11.7. The molecule has 2 aromatic rings. The predicted octanol–water partition coefficient (Wildman–Crippen LogP) is 2.41. The Labute approximate surface area is 193 Å². The molecule has 0 saturated carbocycles. The van der Waals surface area contributed by atoms with Gasteiger partial charge in [-0.25, -0.2) is 9.37 Å². The summed E-state index contributed by atoms with van der Waals surface area (Å²) in [4.78, 5) is 22.3. The van der Waals surface area contributed by atoms with Crippen molar-refractivity contribution >= 4 is 41.7 Å². The van der Waals surface area contributed by atoms with Crippen LogP contribution in [0.3, 0.4) is 0 Å². The van der Waals surface area contributed by atoms with E-state index in [1.165, 1.54) is 6.07 Å². The number of amides is 1. The van der Waals surface area contributed by atoms with Crippen molar-refractivity contribution in [2.75, 3.05) is 25.0 Å². The number of aliphatic imine (C=N–C) groups is 1. The Hall–Kier alpha value is -2.43. The van der Waals surface area contributed by atoms with Crippen LogP contribution in [0, 0.1) is 11.7 Å². The van der Waals surface area contributed by atoms with Gasteiger partial charge < -0.3 is 21.3 Å². The summed E-state index contributed by atoms with van der Waals surface area (Å²) in [5.74, 6) is 0.947. The molecule has 7 nitrogen and oxygen atoms in total. The van der Waals surface area contributed by atoms with Gasteiger partial charge >= 0.3 is 0 Å². The molecule has 0 spiro atoms. The lowest BCUT2D eigenvalue weighted by molar-refractivity contribution is -0.122. The summed E-state index contributed by atoms with van der Waals surface area (Å²) in [7, 11) is 1.68. The zero-order valence-corrected chi connectivity index (χ0v) is 19.3. The number of halogens is 2. The van der Waals surface area contributed by atoms with Gasteiger partial charge in [0.25, 0.3) is 0 Å². The number of rotatable bonds is 6. The number of hydrogen-bond acceptors (Lipinski definition) is 4. The van der Waals surface area contributed by atoms with Crippen LogP contribution in [0.5, 0.6) is 0 Å². The lowest BCUT2D eigenvalue weighted by atomic mass is 9.96. The van der Waals surface area contributed by atoms with E-state index in [2.05, 4.69) is 25.5 Å². The highest BCUT2D eigenvalue weighted by molar-refractivity contribution is 14.0. The highest BCUT2D eigenvalue weighted by Crippen LogP contribution is 2.24. The number of pyridine rings is 1. The van der Waals surface area contributed by atoms with E-state index in [1.54, 1.807) is 31.4 Å². The van der Waals surface area contributed by atoms with Crippen molar-refractivity contribution in [1.82, 2.24) is 15.6 Å². The zero-order valence-electron chi connectivity index (χ0n) is 17.0. The molecular weight excluding hydrogens is 498 g/mol. The molecule has 30 heavy (non-hydrogen) atoms. The zero-order chi connectivity index (χ0) is 20.6. The van der Waals surface area contributed by atoms with Crippen molar-refractivity contribution in [3.8, 4) is 0 Å². The molecule has 0 aliphatic carbocycles. The molecule has 0 radical (unpaired) electrons. The molecule has 0 bridgehead atoms. The second-order valence-electron chi connectivity index (χ2n) is 7.02. The Balaban J connectivity index is 0.00000320. The van der Waals surface area contributed by atoms with Crippen molar-refractivity contribution in [2.45, 2.75) is 25.9 Å². The normalized spacial score (nSPS) is 14.7. The first-order valence-corrected chi connectivity index (χ1v) is 9.74. The molecule has 1 aliphatic heterocycles. The van der Waals surface area contributed by atoms with Crippen LogP contribution in [0.2, 0.25) is 0 Å². The number of nitrogens with one attached hydrogen (secondary N) is 2. The van der Waals surface area contributed by atoms with Crippen molar-refractivity contribution in [2.24, 2.45) is 16.6 Å². The first kappa shape index (κ1) is 23.8. The molecule has 2 heterocycles. The number of nitrogens with two attached hydrogens (primary N) is 1. The van der Waals surface area contributed by atoms with Crippen LogP contribution in [0.4, 0.5) is 10.2 Å². The van der Waals surface area contributed by atoms with E-state index in [9.17, 15) is 9.18 Å². The predicted molar refractivity (Wildman–Crippen MR) is 127 cm³/mol. The van der Waals surface area contributed by atoms with Gasteiger partial charge in [0.05, 0.1) is 0 Å². The average molecular weight is 526 g/mol. The van der Waals surface area contributed by atoms with Crippen LogP contribution in [0.15, 0.2) is 47.6 Å². The van der Waals surface area contributed by atoms with Crippen LogP contribution in [0.1, 0.15) is 24.0 Å². The van der Waals surface area contributed by atoms with Crippen molar-refractivity contribution in [3.05, 3.63) is 59.5 Å². The van der Waals surface area contributed by atoms with Crippen LogP contribution < -0.4 is 21.3 Å². The largest absolute Gasteiger partial charge is 0.369 e. The number of hydrogen-bond donors (Lipinski definition) is 3. The highest BCUT2D eigenvalue weighted by atomic mass is 127. The Kier molecular flexibility index (Phi) is 9.28. The van der Waals surface area contributed by atoms with E-state index in [-0.39, 0.29) is 41.6 Å². The lowest BCUT2D eigenvalue weighted by Crippen LogP contribution is -2.40. The third-order valence-corrected chi connectivity index (χ3v) is 5.14. The molecule has 0 unspecified atom stereocenters. The molecule has 4 N–H and O–H groups in total. The molecule has 1 amide bonds. The topological polar surface area (TPSA) is 95.6 Å². The summed E-state index contributed by atoms with van der Waals surface area (Å²) in [5, 5.41) is 6.39. The first-order valence-electron chi connectivity index (χ1n) is 9.74. The Morgan fingerprint density at radius 3 is 2.43 bits per heavy atom. The minimum absolute atomic E-state index is 0. The van der Waals surface area contributed by atoms with Crippen LogP contribution in [-0.4, -0.2) is 37.0 Å². The van der Waals surface area contributed by atoms with Gasteiger partial charge in [-0.2, -0.15) is 0 Å². The van der Waals surface area contributed by atoms with E-state index >= 15 is 0 Å². The fourth-order valence-electron chi connectivity index (χ4n) is 3.45. The molecule has 1 aromatic carbocycles. The average Bonchev–Trinajstić information content (AvgIpc) is 2.75. The maximum absolute atomic E-state index is 13.8. The molecule has 1 aromatic heterocycles. The number of nitrogens with zero attached hydrogens (tertiary/aromatic N) is 3. The minimum Gasteiger partial charge on any atom is -0.369 e. The number of piperidine rings is 1. The second-order valence-corrected chi connectivity index (χ2v) is 7.02. The molecule has 1 aliphatic rings. The summed E-state index contributed by atoms with van der Waals surface area (Å²) in [5.41, 5.74) is 7.04. The molecule has 9 heteroatoms. The molecule has 0 atom stereocenters.